The minimum Gasteiger partial charge on any atom is -0.368 e. The molecule has 1 fully saturated rings. The zero-order chi connectivity index (χ0) is 19.3. The Bertz CT molecular complexity index is 870. The molecule has 2 aromatic rings. The van der Waals surface area contributed by atoms with Gasteiger partial charge in [0.1, 0.15) is 12.4 Å². The van der Waals surface area contributed by atoms with Crippen molar-refractivity contribution in [2.75, 3.05) is 37.7 Å². The number of halogens is 1. The number of anilines is 1. The molecule has 1 aromatic carbocycles. The van der Waals surface area contributed by atoms with Crippen LogP contribution in [0.5, 0.6) is 0 Å². The highest BCUT2D eigenvalue weighted by Crippen LogP contribution is 2.15. The number of carbonyl (C=O) groups excluding carboxylic acids is 1. The summed E-state index contributed by atoms with van der Waals surface area (Å²) in [6, 6.07) is 8.10. The summed E-state index contributed by atoms with van der Waals surface area (Å²) in [6.45, 7) is 1.92. The molecule has 27 heavy (non-hydrogen) atoms. The SMILES string of the molecule is O=C(CONS(=O)(=O)c1ccc(F)cc1)N1CCN(c2ccncc2)CC1. The lowest BCUT2D eigenvalue weighted by Crippen LogP contribution is -2.50. The molecule has 0 saturated carbocycles. The molecule has 0 atom stereocenters. The van der Waals surface area contributed by atoms with Gasteiger partial charge in [-0.15, -0.1) is 0 Å². The van der Waals surface area contributed by atoms with Gasteiger partial charge in [0.15, 0.2) is 0 Å². The average molecular weight is 394 g/mol. The third-order valence-electron chi connectivity index (χ3n) is 4.15. The topological polar surface area (TPSA) is 91.8 Å². The van der Waals surface area contributed by atoms with Crippen LogP contribution in [0.1, 0.15) is 0 Å². The summed E-state index contributed by atoms with van der Waals surface area (Å²) in [6.07, 6.45) is 3.43. The lowest BCUT2D eigenvalue weighted by molar-refractivity contribution is -0.137. The third kappa shape index (κ3) is 5.00. The van der Waals surface area contributed by atoms with E-state index < -0.39 is 22.4 Å². The summed E-state index contributed by atoms with van der Waals surface area (Å²) in [4.78, 5) is 26.5. The molecule has 0 bridgehead atoms. The molecule has 1 aliphatic heterocycles. The van der Waals surface area contributed by atoms with Gasteiger partial charge in [0.2, 0.25) is 0 Å². The maximum absolute atomic E-state index is 12.9. The van der Waals surface area contributed by atoms with E-state index in [0.29, 0.717) is 26.2 Å². The molecule has 1 N–H and O–H groups in total. The fourth-order valence-corrected chi connectivity index (χ4v) is 3.50. The van der Waals surface area contributed by atoms with Crippen molar-refractivity contribution in [1.29, 1.82) is 0 Å². The van der Waals surface area contributed by atoms with Gasteiger partial charge >= 0.3 is 0 Å². The van der Waals surface area contributed by atoms with Crippen molar-refractivity contribution in [3.8, 4) is 0 Å². The second kappa shape index (κ2) is 8.42. The van der Waals surface area contributed by atoms with Crippen molar-refractivity contribution in [2.45, 2.75) is 4.90 Å². The number of aromatic nitrogens is 1. The van der Waals surface area contributed by atoms with Crippen molar-refractivity contribution in [2.24, 2.45) is 0 Å². The van der Waals surface area contributed by atoms with Crippen LogP contribution in [-0.4, -0.2) is 57.0 Å². The highest BCUT2D eigenvalue weighted by atomic mass is 32.2. The first-order chi connectivity index (χ1) is 13.0. The standard InChI is InChI=1S/C17H19FN4O4S/c18-14-1-3-16(4-2-14)27(24,25)20-26-13-17(23)22-11-9-21(10-12-22)15-5-7-19-8-6-15/h1-8,20H,9-13H2. The lowest BCUT2D eigenvalue weighted by Gasteiger charge is -2.35. The summed E-state index contributed by atoms with van der Waals surface area (Å²) in [7, 11) is -3.97. The molecule has 3 rings (SSSR count). The average Bonchev–Trinajstić information content (AvgIpc) is 2.69. The van der Waals surface area contributed by atoms with Gasteiger partial charge in [-0.1, -0.05) is 4.89 Å². The van der Waals surface area contributed by atoms with E-state index in [4.69, 9.17) is 4.84 Å². The van der Waals surface area contributed by atoms with E-state index in [1.54, 1.807) is 17.3 Å². The Morgan fingerprint density at radius 3 is 2.33 bits per heavy atom. The number of pyridine rings is 1. The van der Waals surface area contributed by atoms with Gasteiger partial charge in [0.05, 0.1) is 4.90 Å². The van der Waals surface area contributed by atoms with E-state index in [-0.39, 0.29) is 10.8 Å². The Morgan fingerprint density at radius 2 is 1.70 bits per heavy atom. The number of hydrogen-bond acceptors (Lipinski definition) is 6. The normalized spacial score (nSPS) is 15.0. The smallest absolute Gasteiger partial charge is 0.262 e. The molecular formula is C17H19FN4O4S. The fraction of sp³-hybridized carbons (Fsp3) is 0.294. The largest absolute Gasteiger partial charge is 0.368 e. The van der Waals surface area contributed by atoms with Gasteiger partial charge in [0, 0.05) is 44.3 Å². The first-order valence-corrected chi connectivity index (χ1v) is 9.76. The van der Waals surface area contributed by atoms with Gasteiger partial charge in [-0.2, -0.15) is 0 Å². The van der Waals surface area contributed by atoms with Crippen molar-refractivity contribution in [3.05, 3.63) is 54.6 Å². The van der Waals surface area contributed by atoms with E-state index in [0.717, 1.165) is 30.0 Å². The minimum atomic E-state index is -3.97. The molecule has 8 nitrogen and oxygen atoms in total. The van der Waals surface area contributed by atoms with Crippen molar-refractivity contribution >= 4 is 21.6 Å². The minimum absolute atomic E-state index is 0.151. The van der Waals surface area contributed by atoms with Crippen LogP contribution in [0.25, 0.3) is 0 Å². The summed E-state index contributed by atoms with van der Waals surface area (Å²) in [5, 5.41) is 0. The quantitative estimate of drug-likeness (QED) is 0.728. The number of carbonyl (C=O) groups is 1. The number of piperazine rings is 1. The zero-order valence-corrected chi connectivity index (χ0v) is 15.2. The summed E-state index contributed by atoms with van der Waals surface area (Å²) >= 11 is 0. The van der Waals surface area contributed by atoms with Crippen LogP contribution in [0.3, 0.4) is 0 Å². The molecule has 1 aromatic heterocycles. The predicted octanol–water partition coefficient (Wildman–Crippen LogP) is 0.779. The van der Waals surface area contributed by atoms with Crippen LogP contribution in [0.2, 0.25) is 0 Å². The van der Waals surface area contributed by atoms with Crippen LogP contribution in [0.15, 0.2) is 53.7 Å². The number of amides is 1. The first kappa shape index (κ1) is 19.2. The van der Waals surface area contributed by atoms with Crippen LogP contribution in [0, 0.1) is 5.82 Å². The molecule has 0 unspecified atom stereocenters. The number of rotatable bonds is 6. The van der Waals surface area contributed by atoms with E-state index in [9.17, 15) is 17.6 Å². The maximum atomic E-state index is 12.9. The number of benzene rings is 1. The zero-order valence-electron chi connectivity index (χ0n) is 14.4. The Hall–Kier alpha value is -2.56. The van der Waals surface area contributed by atoms with Crippen LogP contribution < -0.4 is 9.79 Å². The van der Waals surface area contributed by atoms with E-state index >= 15 is 0 Å². The molecule has 144 valence electrons. The number of nitrogens with one attached hydrogen (secondary N) is 1. The predicted molar refractivity (Wildman–Crippen MR) is 95.7 cm³/mol. The van der Waals surface area contributed by atoms with E-state index in [1.165, 1.54) is 0 Å². The fourth-order valence-electron chi connectivity index (χ4n) is 2.69. The first-order valence-electron chi connectivity index (χ1n) is 8.27. The number of nitrogens with zero attached hydrogens (tertiary/aromatic N) is 3. The van der Waals surface area contributed by atoms with Gasteiger partial charge in [-0.05, 0) is 36.4 Å². The Kier molecular flexibility index (Phi) is 5.99. The summed E-state index contributed by atoms with van der Waals surface area (Å²) < 4.78 is 36.9. The molecule has 0 spiro atoms. The van der Waals surface area contributed by atoms with E-state index in [1.807, 2.05) is 17.0 Å². The molecule has 10 heteroatoms. The highest BCUT2D eigenvalue weighted by Gasteiger charge is 2.22. The molecular weight excluding hydrogens is 375 g/mol. The highest BCUT2D eigenvalue weighted by molar-refractivity contribution is 7.89. The Labute approximate surface area is 156 Å². The molecule has 0 aliphatic carbocycles. The number of hydrogen-bond donors (Lipinski definition) is 1. The van der Waals surface area contributed by atoms with Crippen LogP contribution in [0.4, 0.5) is 10.1 Å². The Morgan fingerprint density at radius 1 is 1.07 bits per heavy atom. The summed E-state index contributed by atoms with van der Waals surface area (Å²) in [5.41, 5.74) is 1.04. The van der Waals surface area contributed by atoms with Crippen molar-refractivity contribution in [1.82, 2.24) is 14.8 Å². The molecule has 0 radical (unpaired) electrons. The lowest BCUT2D eigenvalue weighted by atomic mass is 10.2. The molecule has 1 saturated heterocycles. The van der Waals surface area contributed by atoms with Gasteiger partial charge in [-0.25, -0.2) is 12.8 Å². The second-order valence-electron chi connectivity index (χ2n) is 5.90. The molecule has 2 heterocycles. The van der Waals surface area contributed by atoms with Crippen LogP contribution in [-0.2, 0) is 19.7 Å². The molecule has 1 amide bonds. The number of sulfonamides is 1. The van der Waals surface area contributed by atoms with E-state index in [2.05, 4.69) is 9.88 Å². The van der Waals surface area contributed by atoms with Crippen LogP contribution >= 0.6 is 0 Å². The van der Waals surface area contributed by atoms with Gasteiger partial charge in [0.25, 0.3) is 15.9 Å². The van der Waals surface area contributed by atoms with Gasteiger partial charge < -0.3 is 9.80 Å². The van der Waals surface area contributed by atoms with Crippen molar-refractivity contribution < 1.29 is 22.4 Å². The van der Waals surface area contributed by atoms with Crippen molar-refractivity contribution in [3.63, 3.8) is 0 Å². The second-order valence-corrected chi connectivity index (χ2v) is 7.55. The molecule has 1 aliphatic rings. The third-order valence-corrected chi connectivity index (χ3v) is 5.38. The monoisotopic (exact) mass is 394 g/mol. The summed E-state index contributed by atoms with van der Waals surface area (Å²) in [5.74, 6) is -0.859. The Balaban J connectivity index is 1.45. The maximum Gasteiger partial charge on any atom is 0.262 e. The van der Waals surface area contributed by atoms with Gasteiger partial charge in [-0.3, -0.25) is 14.6 Å².